The van der Waals surface area contributed by atoms with Crippen molar-refractivity contribution in [3.8, 4) is 11.5 Å². The molecule has 0 spiro atoms. The minimum Gasteiger partial charge on any atom is -0.497 e. The summed E-state index contributed by atoms with van der Waals surface area (Å²) in [5, 5.41) is 0. The second-order valence-electron chi connectivity index (χ2n) is 7.55. The highest BCUT2D eigenvalue weighted by atomic mass is 16.5. The molecular formula is C25H25NO3. The number of carbonyl (C=O) groups excluding carboxylic acids is 1. The summed E-state index contributed by atoms with van der Waals surface area (Å²) in [5.41, 5.74) is 5.52. The molecule has 4 heteroatoms. The molecule has 0 aliphatic carbocycles. The summed E-state index contributed by atoms with van der Waals surface area (Å²) < 4.78 is 11.3. The van der Waals surface area contributed by atoms with E-state index in [0.29, 0.717) is 5.75 Å². The molecule has 0 aromatic heterocycles. The Labute approximate surface area is 171 Å². The number of nitrogens with zero attached hydrogens (tertiary/aromatic N) is 1. The van der Waals surface area contributed by atoms with Gasteiger partial charge in [0.15, 0.2) is 0 Å². The lowest BCUT2D eigenvalue weighted by Crippen LogP contribution is -2.61. The van der Waals surface area contributed by atoms with Crippen LogP contribution in [0.25, 0.3) is 0 Å². The third-order valence-corrected chi connectivity index (χ3v) is 5.56. The molecule has 1 aliphatic heterocycles. The number of benzene rings is 3. The van der Waals surface area contributed by atoms with Crippen LogP contribution in [0.2, 0.25) is 0 Å². The monoisotopic (exact) mass is 387 g/mol. The Balaban J connectivity index is 1.67. The number of hydrogen-bond acceptors (Lipinski definition) is 3. The van der Waals surface area contributed by atoms with E-state index in [1.165, 1.54) is 11.1 Å². The number of hydrogen-bond donors (Lipinski definition) is 0. The molecule has 0 bridgehead atoms. The number of methoxy groups -OCH3 is 1. The summed E-state index contributed by atoms with van der Waals surface area (Å²) >= 11 is 0. The fourth-order valence-electron chi connectivity index (χ4n) is 3.63. The summed E-state index contributed by atoms with van der Waals surface area (Å²) in [6, 6.07) is 21.6. The molecule has 0 radical (unpaired) electrons. The molecule has 4 rings (SSSR count). The van der Waals surface area contributed by atoms with E-state index in [9.17, 15) is 4.79 Å². The Kier molecular flexibility index (Phi) is 5.01. The Hall–Kier alpha value is -3.27. The fourth-order valence-corrected chi connectivity index (χ4v) is 3.63. The normalized spacial score (nSPS) is 18.3. The van der Waals surface area contributed by atoms with E-state index < -0.39 is 6.10 Å². The van der Waals surface area contributed by atoms with Crippen LogP contribution in [0.4, 0.5) is 5.69 Å². The molecule has 0 saturated carbocycles. The van der Waals surface area contributed by atoms with Gasteiger partial charge in [0.05, 0.1) is 7.11 Å². The van der Waals surface area contributed by atoms with Gasteiger partial charge < -0.3 is 9.47 Å². The van der Waals surface area contributed by atoms with Crippen molar-refractivity contribution in [2.24, 2.45) is 0 Å². The summed E-state index contributed by atoms with van der Waals surface area (Å²) in [5.74, 6) is 1.37. The average Bonchev–Trinajstić information content (AvgIpc) is 2.73. The number of anilines is 1. The highest BCUT2D eigenvalue weighted by molar-refractivity contribution is 6.05. The number of amides is 1. The van der Waals surface area contributed by atoms with Gasteiger partial charge in [-0.3, -0.25) is 9.69 Å². The molecule has 1 heterocycles. The molecule has 0 unspecified atom stereocenters. The van der Waals surface area contributed by atoms with Crippen LogP contribution in [-0.4, -0.2) is 19.1 Å². The predicted octanol–water partition coefficient (Wildman–Crippen LogP) is 5.16. The molecule has 1 fully saturated rings. The molecular weight excluding hydrogens is 362 g/mol. The van der Waals surface area contributed by atoms with E-state index in [1.54, 1.807) is 7.11 Å². The number of aryl methyl sites for hydroxylation is 3. The smallest absolute Gasteiger partial charge is 0.271 e. The number of ether oxygens (including phenoxy) is 2. The zero-order chi connectivity index (χ0) is 20.5. The zero-order valence-electron chi connectivity index (χ0n) is 17.2. The molecule has 29 heavy (non-hydrogen) atoms. The highest BCUT2D eigenvalue weighted by Crippen LogP contribution is 2.42. The first-order chi connectivity index (χ1) is 14.0. The Morgan fingerprint density at radius 3 is 2.07 bits per heavy atom. The summed E-state index contributed by atoms with van der Waals surface area (Å²) in [6.45, 7) is 6.20. The third-order valence-electron chi connectivity index (χ3n) is 5.56. The van der Waals surface area contributed by atoms with Gasteiger partial charge in [0.2, 0.25) is 6.10 Å². The van der Waals surface area contributed by atoms with E-state index in [-0.39, 0.29) is 11.9 Å². The summed E-state index contributed by atoms with van der Waals surface area (Å²) in [7, 11) is 1.63. The van der Waals surface area contributed by atoms with Crippen molar-refractivity contribution in [3.05, 3.63) is 89.0 Å². The van der Waals surface area contributed by atoms with Crippen molar-refractivity contribution in [1.82, 2.24) is 0 Å². The van der Waals surface area contributed by atoms with Crippen molar-refractivity contribution in [1.29, 1.82) is 0 Å². The standard InChI is InChI=1S/C25H25NO3/c1-16-5-8-19(9-6-16)23-24(29-22-13-11-21(28-4)12-14-22)25(27)26(23)20-10-7-17(2)18(3)15-20/h5-15,23-24H,1-4H3/t23-,24+/m0/s1. The average molecular weight is 387 g/mol. The number of β-lactam (4-membered cyclic amide) rings is 1. The van der Waals surface area contributed by atoms with Crippen LogP contribution >= 0.6 is 0 Å². The van der Waals surface area contributed by atoms with Gasteiger partial charge in [0.25, 0.3) is 5.91 Å². The van der Waals surface area contributed by atoms with E-state index in [1.807, 2.05) is 35.2 Å². The van der Waals surface area contributed by atoms with Gasteiger partial charge in [-0.05, 0) is 73.9 Å². The lowest BCUT2D eigenvalue weighted by molar-refractivity contribution is -0.135. The van der Waals surface area contributed by atoms with Crippen LogP contribution in [0.15, 0.2) is 66.7 Å². The Morgan fingerprint density at radius 2 is 1.45 bits per heavy atom. The maximum Gasteiger partial charge on any atom is 0.271 e. The van der Waals surface area contributed by atoms with E-state index in [4.69, 9.17) is 9.47 Å². The minimum absolute atomic E-state index is 0.0327. The van der Waals surface area contributed by atoms with Crippen molar-refractivity contribution in [2.45, 2.75) is 32.9 Å². The quantitative estimate of drug-likeness (QED) is 0.568. The molecule has 2 atom stereocenters. The van der Waals surface area contributed by atoms with E-state index in [2.05, 4.69) is 57.2 Å². The first-order valence-electron chi connectivity index (χ1n) is 9.75. The van der Waals surface area contributed by atoms with Gasteiger partial charge in [0, 0.05) is 5.69 Å². The van der Waals surface area contributed by atoms with Crippen LogP contribution in [0.1, 0.15) is 28.3 Å². The molecule has 0 N–H and O–H groups in total. The number of carbonyl (C=O) groups is 1. The third kappa shape index (κ3) is 3.58. The first kappa shape index (κ1) is 19.1. The van der Waals surface area contributed by atoms with Crippen LogP contribution in [0.3, 0.4) is 0 Å². The number of rotatable bonds is 5. The maximum atomic E-state index is 13.1. The molecule has 148 valence electrons. The van der Waals surface area contributed by atoms with E-state index >= 15 is 0 Å². The molecule has 3 aromatic carbocycles. The van der Waals surface area contributed by atoms with Crippen LogP contribution in [0.5, 0.6) is 11.5 Å². The lowest BCUT2D eigenvalue weighted by atomic mass is 9.89. The summed E-state index contributed by atoms with van der Waals surface area (Å²) in [4.78, 5) is 15.0. The van der Waals surface area contributed by atoms with E-state index in [0.717, 1.165) is 22.6 Å². The largest absolute Gasteiger partial charge is 0.497 e. The van der Waals surface area contributed by atoms with Crippen LogP contribution in [-0.2, 0) is 4.79 Å². The van der Waals surface area contributed by atoms with Gasteiger partial charge in [-0.2, -0.15) is 0 Å². The maximum absolute atomic E-state index is 13.1. The Bertz CT molecular complexity index is 1020. The van der Waals surface area contributed by atoms with Gasteiger partial charge in [0.1, 0.15) is 17.5 Å². The molecule has 4 nitrogen and oxygen atoms in total. The lowest BCUT2D eigenvalue weighted by Gasteiger charge is -2.46. The SMILES string of the molecule is COc1ccc(O[C@H]2C(=O)N(c3ccc(C)c(C)c3)[C@H]2c2ccc(C)cc2)cc1. The highest BCUT2D eigenvalue weighted by Gasteiger charge is 2.51. The zero-order valence-corrected chi connectivity index (χ0v) is 17.2. The predicted molar refractivity (Wildman–Crippen MR) is 115 cm³/mol. The van der Waals surface area contributed by atoms with Gasteiger partial charge in [-0.15, -0.1) is 0 Å². The Morgan fingerprint density at radius 1 is 0.793 bits per heavy atom. The first-order valence-corrected chi connectivity index (χ1v) is 9.75. The minimum atomic E-state index is -0.562. The van der Waals surface area contributed by atoms with Crippen molar-refractivity contribution in [3.63, 3.8) is 0 Å². The molecule has 1 amide bonds. The molecule has 3 aromatic rings. The summed E-state index contributed by atoms with van der Waals surface area (Å²) in [6.07, 6.45) is -0.562. The van der Waals surface area contributed by atoms with Crippen molar-refractivity contribution >= 4 is 11.6 Å². The van der Waals surface area contributed by atoms with Gasteiger partial charge in [-0.25, -0.2) is 0 Å². The van der Waals surface area contributed by atoms with Crippen molar-refractivity contribution < 1.29 is 14.3 Å². The van der Waals surface area contributed by atoms with Crippen LogP contribution < -0.4 is 14.4 Å². The fraction of sp³-hybridized carbons (Fsp3) is 0.240. The molecule has 1 aliphatic rings. The van der Waals surface area contributed by atoms with Crippen LogP contribution in [0, 0.1) is 20.8 Å². The van der Waals surface area contributed by atoms with Gasteiger partial charge in [-0.1, -0.05) is 35.9 Å². The molecule has 1 saturated heterocycles. The topological polar surface area (TPSA) is 38.8 Å². The van der Waals surface area contributed by atoms with Crippen molar-refractivity contribution in [2.75, 3.05) is 12.0 Å². The van der Waals surface area contributed by atoms with Gasteiger partial charge >= 0.3 is 0 Å². The second kappa shape index (κ2) is 7.63. The second-order valence-corrected chi connectivity index (χ2v) is 7.55.